The fourth-order valence-corrected chi connectivity index (χ4v) is 7.28. The highest BCUT2D eigenvalue weighted by atomic mass is 16.5. The van der Waals surface area contributed by atoms with Gasteiger partial charge in [-0.05, 0) is 63.6 Å². The maximum Gasteiger partial charge on any atom is 0.318 e. The van der Waals surface area contributed by atoms with Gasteiger partial charge in [-0.15, -0.1) is 0 Å². The van der Waals surface area contributed by atoms with Gasteiger partial charge in [-0.1, -0.05) is 30.8 Å². The van der Waals surface area contributed by atoms with Crippen LogP contribution in [-0.2, 0) is 17.8 Å². The first-order valence-electron chi connectivity index (χ1n) is 16.2. The molecule has 10 heteroatoms. The Morgan fingerprint density at radius 2 is 1.98 bits per heavy atom. The Morgan fingerprint density at radius 1 is 1.13 bits per heavy atom. The van der Waals surface area contributed by atoms with Gasteiger partial charge in [0.1, 0.15) is 18.2 Å². The highest BCUT2D eigenvalue weighted by Crippen LogP contribution is 2.36. The number of ether oxygens (including phenoxy) is 1. The monoisotopic (exact) mass is 609 g/mol. The van der Waals surface area contributed by atoms with E-state index in [0.29, 0.717) is 50.9 Å². The van der Waals surface area contributed by atoms with E-state index in [4.69, 9.17) is 14.7 Å². The van der Waals surface area contributed by atoms with Crippen molar-refractivity contribution >= 4 is 28.2 Å². The summed E-state index contributed by atoms with van der Waals surface area (Å²) in [5.74, 6) is 0.918. The summed E-state index contributed by atoms with van der Waals surface area (Å²) in [7, 11) is 0. The predicted molar refractivity (Wildman–Crippen MR) is 176 cm³/mol. The standard InChI is InChI=1S/C35H43N7O3/c1-4-33(44)42-18-17-40(21-26(42)13-14-36)34-30-12-8-15-39(32-20-28(43)19-25-9-5-6-11-29(25)32)22-31(30)37-35(38-34)45-23-27-10-7-16-41(27)24(2)3/h4-6,9,11,19-20,24,26-27,43H,1,7-8,10,12-13,15-18,21-23H2,2-3H3/t26-,27+/m0/s1. The van der Waals surface area contributed by atoms with E-state index in [-0.39, 0.29) is 24.1 Å². The van der Waals surface area contributed by atoms with Crippen LogP contribution in [-0.4, -0.2) is 88.2 Å². The highest BCUT2D eigenvalue weighted by molar-refractivity contribution is 5.95. The number of fused-ring (bicyclic) bond motifs is 2. The number of phenols is 1. The van der Waals surface area contributed by atoms with Gasteiger partial charge in [0.25, 0.3) is 0 Å². The minimum absolute atomic E-state index is 0.152. The Labute approximate surface area is 265 Å². The van der Waals surface area contributed by atoms with Gasteiger partial charge in [0.2, 0.25) is 5.91 Å². The van der Waals surface area contributed by atoms with Crippen LogP contribution < -0.4 is 14.5 Å². The van der Waals surface area contributed by atoms with Gasteiger partial charge >= 0.3 is 6.01 Å². The van der Waals surface area contributed by atoms with Crippen LogP contribution in [0.3, 0.4) is 0 Å². The number of aromatic nitrogens is 2. The van der Waals surface area contributed by atoms with E-state index in [1.165, 1.54) is 6.08 Å². The van der Waals surface area contributed by atoms with Crippen molar-refractivity contribution in [1.82, 2.24) is 19.8 Å². The number of amides is 1. The summed E-state index contributed by atoms with van der Waals surface area (Å²) < 4.78 is 6.41. The van der Waals surface area contributed by atoms with Crippen molar-refractivity contribution in [3.63, 3.8) is 0 Å². The lowest BCUT2D eigenvalue weighted by molar-refractivity contribution is -0.128. The van der Waals surface area contributed by atoms with Crippen molar-refractivity contribution in [3.05, 3.63) is 60.3 Å². The minimum atomic E-state index is -0.261. The fraction of sp³-hybridized carbons (Fsp3) is 0.486. The Kier molecular flexibility index (Phi) is 9.08. The van der Waals surface area contributed by atoms with E-state index in [1.807, 2.05) is 24.3 Å². The van der Waals surface area contributed by atoms with Gasteiger partial charge < -0.3 is 24.5 Å². The smallest absolute Gasteiger partial charge is 0.318 e. The summed E-state index contributed by atoms with van der Waals surface area (Å²) in [4.78, 5) is 31.4. The van der Waals surface area contributed by atoms with Gasteiger partial charge in [0, 0.05) is 61.0 Å². The fourth-order valence-electron chi connectivity index (χ4n) is 7.28. The second-order valence-electron chi connectivity index (χ2n) is 12.6. The summed E-state index contributed by atoms with van der Waals surface area (Å²) >= 11 is 0. The van der Waals surface area contributed by atoms with Gasteiger partial charge in [-0.2, -0.15) is 15.2 Å². The van der Waals surface area contributed by atoms with Crippen LogP contribution in [0.2, 0.25) is 0 Å². The molecule has 4 heterocycles. The van der Waals surface area contributed by atoms with Crippen LogP contribution in [0.25, 0.3) is 10.8 Å². The number of piperazine rings is 1. The van der Waals surface area contributed by atoms with Crippen molar-refractivity contribution < 1.29 is 14.6 Å². The number of aromatic hydroxyl groups is 1. The molecule has 0 radical (unpaired) electrons. The molecule has 3 aliphatic rings. The maximum atomic E-state index is 12.6. The van der Waals surface area contributed by atoms with E-state index in [9.17, 15) is 15.2 Å². The first kappa shape index (κ1) is 30.7. The molecule has 10 nitrogen and oxygen atoms in total. The summed E-state index contributed by atoms with van der Waals surface area (Å²) in [5.41, 5.74) is 2.97. The average Bonchev–Trinajstić information content (AvgIpc) is 3.42. The van der Waals surface area contributed by atoms with E-state index >= 15 is 0 Å². The summed E-state index contributed by atoms with van der Waals surface area (Å²) in [6.45, 7) is 12.6. The number of carbonyl (C=O) groups is 1. The molecule has 2 atom stereocenters. The third-order valence-electron chi connectivity index (χ3n) is 9.47. The molecule has 0 unspecified atom stereocenters. The molecular formula is C35H43N7O3. The zero-order valence-corrected chi connectivity index (χ0v) is 26.4. The van der Waals surface area contributed by atoms with Gasteiger partial charge in [-0.3, -0.25) is 9.69 Å². The van der Waals surface area contributed by atoms with Crippen LogP contribution in [0, 0.1) is 11.3 Å². The molecule has 0 bridgehead atoms. The zero-order chi connectivity index (χ0) is 31.5. The van der Waals surface area contributed by atoms with E-state index in [0.717, 1.165) is 72.3 Å². The van der Waals surface area contributed by atoms with Crippen LogP contribution in [0.5, 0.6) is 11.8 Å². The van der Waals surface area contributed by atoms with E-state index < -0.39 is 0 Å². The van der Waals surface area contributed by atoms with E-state index in [1.54, 1.807) is 11.0 Å². The summed E-state index contributed by atoms with van der Waals surface area (Å²) in [5, 5.41) is 22.3. The third kappa shape index (κ3) is 6.40. The number of benzene rings is 2. The quantitative estimate of drug-likeness (QED) is 0.365. The molecule has 45 heavy (non-hydrogen) atoms. The van der Waals surface area contributed by atoms with Crippen molar-refractivity contribution in [2.24, 2.45) is 0 Å². The number of nitrogens with zero attached hydrogens (tertiary/aromatic N) is 7. The first-order chi connectivity index (χ1) is 21.9. The van der Waals surface area contributed by atoms with Gasteiger partial charge in [0.05, 0.1) is 30.8 Å². The highest BCUT2D eigenvalue weighted by Gasteiger charge is 2.33. The van der Waals surface area contributed by atoms with E-state index in [2.05, 4.69) is 47.3 Å². The van der Waals surface area contributed by atoms with Crippen LogP contribution in [0.15, 0.2) is 49.1 Å². The van der Waals surface area contributed by atoms with Crippen LogP contribution >= 0.6 is 0 Å². The third-order valence-corrected chi connectivity index (χ3v) is 9.47. The van der Waals surface area contributed by atoms with Gasteiger partial charge in [-0.25, -0.2) is 0 Å². The number of nitriles is 1. The lowest BCUT2D eigenvalue weighted by atomic mass is 10.1. The Hall–Kier alpha value is -4.36. The lowest BCUT2D eigenvalue weighted by Crippen LogP contribution is -2.55. The normalized spacial score (nSPS) is 20.6. The molecule has 0 saturated carbocycles. The second-order valence-corrected chi connectivity index (χ2v) is 12.6. The number of hydrogen-bond donors (Lipinski definition) is 1. The van der Waals surface area contributed by atoms with Crippen LogP contribution in [0.1, 0.15) is 50.8 Å². The SMILES string of the molecule is C=CC(=O)N1CCN(c2nc(OC[C@H]3CCCN3C(C)C)nc3c2CCCN(c2cc(O)cc4ccccc24)C3)C[C@@H]1CC#N. The minimum Gasteiger partial charge on any atom is -0.508 e. The number of phenolic OH excluding ortho intramolecular Hbond substituents is 1. The Balaban J connectivity index is 1.36. The second kappa shape index (κ2) is 13.3. The molecular weight excluding hydrogens is 566 g/mol. The maximum absolute atomic E-state index is 12.6. The largest absolute Gasteiger partial charge is 0.508 e. The molecule has 2 fully saturated rings. The van der Waals surface area contributed by atoms with Crippen molar-refractivity contribution in [1.29, 1.82) is 5.26 Å². The molecule has 1 amide bonds. The molecule has 3 aromatic rings. The number of rotatable bonds is 8. The summed E-state index contributed by atoms with van der Waals surface area (Å²) in [6.07, 6.45) is 5.47. The number of likely N-dealkylation sites (tertiary alicyclic amines) is 1. The molecule has 0 spiro atoms. The Bertz CT molecular complexity index is 1600. The van der Waals surface area contributed by atoms with Crippen LogP contribution in [0.4, 0.5) is 11.5 Å². The number of carbonyl (C=O) groups excluding carboxylic acids is 1. The molecule has 1 N–H and O–H groups in total. The number of hydrogen-bond acceptors (Lipinski definition) is 9. The molecule has 6 rings (SSSR count). The molecule has 3 aliphatic heterocycles. The van der Waals surface area contributed by atoms with Gasteiger partial charge in [0.15, 0.2) is 0 Å². The Morgan fingerprint density at radius 3 is 2.78 bits per heavy atom. The first-order valence-corrected chi connectivity index (χ1v) is 16.2. The zero-order valence-electron chi connectivity index (χ0n) is 26.4. The topological polar surface area (TPSA) is 109 Å². The molecule has 236 valence electrons. The van der Waals surface area contributed by atoms with Crippen molar-refractivity contribution in [2.45, 2.75) is 70.6 Å². The van der Waals surface area contributed by atoms with Crippen molar-refractivity contribution in [2.75, 3.05) is 49.1 Å². The lowest BCUT2D eigenvalue weighted by Gasteiger charge is -2.41. The van der Waals surface area contributed by atoms with Crippen molar-refractivity contribution in [3.8, 4) is 17.8 Å². The average molecular weight is 610 g/mol. The molecule has 1 aromatic heterocycles. The predicted octanol–water partition coefficient (Wildman–Crippen LogP) is 4.66. The molecule has 2 saturated heterocycles. The molecule has 2 aromatic carbocycles. The summed E-state index contributed by atoms with van der Waals surface area (Å²) in [6, 6.07) is 14.9. The molecule has 0 aliphatic carbocycles. The number of anilines is 2.